The van der Waals surface area contributed by atoms with Crippen LogP contribution >= 0.6 is 0 Å². The molecule has 1 aromatic carbocycles. The Morgan fingerprint density at radius 1 is 1.10 bits per heavy atom. The molecule has 0 radical (unpaired) electrons. The molecule has 1 unspecified atom stereocenters. The van der Waals surface area contributed by atoms with E-state index in [1.165, 1.54) is 23.1 Å². The first-order valence-corrected chi connectivity index (χ1v) is 7.46. The van der Waals surface area contributed by atoms with Crippen molar-refractivity contribution in [3.63, 3.8) is 0 Å². The third-order valence-corrected chi connectivity index (χ3v) is 3.60. The first kappa shape index (κ1) is 16.6. The van der Waals surface area contributed by atoms with Gasteiger partial charge in [-0.1, -0.05) is 42.4 Å². The van der Waals surface area contributed by atoms with Crippen LogP contribution in [-0.4, -0.2) is 7.11 Å². The fraction of sp³-hybridized carbons (Fsp3) is 0.474. The lowest BCUT2D eigenvalue weighted by Crippen LogP contribution is -1.93. The van der Waals surface area contributed by atoms with Crippen molar-refractivity contribution >= 4 is 0 Å². The van der Waals surface area contributed by atoms with Crippen molar-refractivity contribution in [3.8, 4) is 5.75 Å². The lowest BCUT2D eigenvalue weighted by atomic mass is 9.96. The van der Waals surface area contributed by atoms with E-state index in [1.54, 1.807) is 7.11 Å². The van der Waals surface area contributed by atoms with Crippen LogP contribution in [0.15, 0.2) is 47.6 Å². The summed E-state index contributed by atoms with van der Waals surface area (Å²) in [4.78, 5) is 0. The van der Waals surface area contributed by atoms with Gasteiger partial charge < -0.3 is 4.74 Å². The Balaban J connectivity index is 2.48. The average molecular weight is 272 g/mol. The maximum absolute atomic E-state index is 5.19. The van der Waals surface area contributed by atoms with E-state index in [2.05, 4.69) is 52.0 Å². The number of benzene rings is 1. The molecule has 0 aliphatic heterocycles. The maximum atomic E-state index is 5.19. The zero-order valence-corrected chi connectivity index (χ0v) is 13.6. The van der Waals surface area contributed by atoms with Crippen molar-refractivity contribution in [2.24, 2.45) is 0 Å². The lowest BCUT2D eigenvalue weighted by molar-refractivity contribution is 0.414. The maximum Gasteiger partial charge on any atom is 0.118 e. The Labute approximate surface area is 124 Å². The molecule has 0 spiro atoms. The smallest absolute Gasteiger partial charge is 0.118 e. The number of allylic oxidation sites excluding steroid dienone is 4. The predicted molar refractivity (Wildman–Crippen MR) is 88.4 cm³/mol. The van der Waals surface area contributed by atoms with Gasteiger partial charge in [0.25, 0.3) is 0 Å². The van der Waals surface area contributed by atoms with Crippen LogP contribution in [0.25, 0.3) is 0 Å². The van der Waals surface area contributed by atoms with Gasteiger partial charge in [-0.15, -0.1) is 0 Å². The number of rotatable bonds is 7. The summed E-state index contributed by atoms with van der Waals surface area (Å²) >= 11 is 0. The minimum atomic E-state index is 0.555. The van der Waals surface area contributed by atoms with E-state index >= 15 is 0 Å². The van der Waals surface area contributed by atoms with Gasteiger partial charge >= 0.3 is 0 Å². The Morgan fingerprint density at radius 2 is 1.75 bits per heavy atom. The van der Waals surface area contributed by atoms with Gasteiger partial charge in [-0.2, -0.15) is 0 Å². The minimum absolute atomic E-state index is 0.555. The lowest BCUT2D eigenvalue weighted by Gasteiger charge is -2.11. The number of hydrogen-bond donors (Lipinski definition) is 0. The van der Waals surface area contributed by atoms with E-state index in [-0.39, 0.29) is 0 Å². The van der Waals surface area contributed by atoms with Gasteiger partial charge in [0.15, 0.2) is 0 Å². The molecule has 1 nitrogen and oxygen atoms in total. The summed E-state index contributed by atoms with van der Waals surface area (Å²) in [5.41, 5.74) is 4.27. The third-order valence-electron chi connectivity index (χ3n) is 3.60. The molecule has 1 heteroatoms. The summed E-state index contributed by atoms with van der Waals surface area (Å²) in [5, 5.41) is 0. The molecule has 1 rings (SSSR count). The Morgan fingerprint density at radius 3 is 2.30 bits per heavy atom. The summed E-state index contributed by atoms with van der Waals surface area (Å²) in [6.45, 7) is 8.83. The van der Waals surface area contributed by atoms with Crippen molar-refractivity contribution in [1.29, 1.82) is 0 Å². The van der Waals surface area contributed by atoms with Gasteiger partial charge in [-0.05, 0) is 63.6 Å². The highest BCUT2D eigenvalue weighted by Gasteiger charge is 2.04. The normalized spacial score (nSPS) is 12.9. The van der Waals surface area contributed by atoms with Crippen molar-refractivity contribution in [2.45, 2.75) is 52.9 Å². The SMILES string of the molecule is COc1ccc(C(C)C/C=C(\C)CCC=C(C)C)cc1. The number of ether oxygens (including phenoxy) is 1. The molecule has 1 atom stereocenters. The van der Waals surface area contributed by atoms with E-state index in [0.717, 1.165) is 18.6 Å². The van der Waals surface area contributed by atoms with Crippen molar-refractivity contribution in [3.05, 3.63) is 53.1 Å². The second-order valence-electron chi connectivity index (χ2n) is 5.78. The largest absolute Gasteiger partial charge is 0.497 e. The molecule has 0 aromatic heterocycles. The van der Waals surface area contributed by atoms with Crippen LogP contribution in [0.3, 0.4) is 0 Å². The topological polar surface area (TPSA) is 9.23 Å². The molecule has 110 valence electrons. The molecule has 0 aliphatic rings. The monoisotopic (exact) mass is 272 g/mol. The highest BCUT2D eigenvalue weighted by Crippen LogP contribution is 2.23. The molecule has 0 fully saturated rings. The molecule has 0 aliphatic carbocycles. The fourth-order valence-electron chi connectivity index (χ4n) is 2.14. The molecule has 0 N–H and O–H groups in total. The minimum Gasteiger partial charge on any atom is -0.497 e. The first-order valence-electron chi connectivity index (χ1n) is 7.46. The summed E-state index contributed by atoms with van der Waals surface area (Å²) in [5.74, 6) is 1.48. The molecular weight excluding hydrogens is 244 g/mol. The summed E-state index contributed by atoms with van der Waals surface area (Å²) in [6.07, 6.45) is 8.12. The number of methoxy groups -OCH3 is 1. The van der Waals surface area contributed by atoms with E-state index in [1.807, 2.05) is 12.1 Å². The molecule has 1 aromatic rings. The van der Waals surface area contributed by atoms with Crippen LogP contribution in [0.2, 0.25) is 0 Å². The zero-order valence-electron chi connectivity index (χ0n) is 13.6. The molecule has 0 heterocycles. The van der Waals surface area contributed by atoms with Crippen LogP contribution in [0, 0.1) is 0 Å². The fourth-order valence-corrected chi connectivity index (χ4v) is 2.14. The summed E-state index contributed by atoms with van der Waals surface area (Å²) in [6, 6.07) is 8.40. The van der Waals surface area contributed by atoms with Crippen molar-refractivity contribution in [1.82, 2.24) is 0 Å². The van der Waals surface area contributed by atoms with E-state index in [0.29, 0.717) is 5.92 Å². The Kier molecular flexibility index (Phi) is 7.14. The second kappa shape index (κ2) is 8.63. The van der Waals surface area contributed by atoms with Crippen LogP contribution in [-0.2, 0) is 0 Å². The van der Waals surface area contributed by atoms with Crippen molar-refractivity contribution < 1.29 is 4.74 Å². The van der Waals surface area contributed by atoms with Gasteiger partial charge in [-0.25, -0.2) is 0 Å². The van der Waals surface area contributed by atoms with Gasteiger partial charge in [0.2, 0.25) is 0 Å². The molecule has 0 saturated heterocycles. The third kappa shape index (κ3) is 6.10. The van der Waals surface area contributed by atoms with E-state index < -0.39 is 0 Å². The van der Waals surface area contributed by atoms with Gasteiger partial charge in [0, 0.05) is 0 Å². The van der Waals surface area contributed by atoms with E-state index in [9.17, 15) is 0 Å². The molecule has 0 amide bonds. The standard InChI is InChI=1S/C19H28O/c1-15(2)7-6-8-16(3)9-10-17(4)18-11-13-19(20-5)14-12-18/h7,9,11-14,17H,6,8,10H2,1-5H3/b16-9+. The second-order valence-corrected chi connectivity index (χ2v) is 5.78. The zero-order chi connectivity index (χ0) is 15.0. The van der Waals surface area contributed by atoms with Gasteiger partial charge in [0.1, 0.15) is 5.75 Å². The van der Waals surface area contributed by atoms with Crippen LogP contribution in [0.1, 0.15) is 58.4 Å². The van der Waals surface area contributed by atoms with Crippen LogP contribution in [0.4, 0.5) is 0 Å². The van der Waals surface area contributed by atoms with Gasteiger partial charge in [0.05, 0.1) is 7.11 Å². The average Bonchev–Trinajstić information content (AvgIpc) is 2.44. The Bertz CT molecular complexity index is 447. The first-order chi connectivity index (χ1) is 9.52. The Hall–Kier alpha value is -1.50. The molecular formula is C19H28O. The highest BCUT2D eigenvalue weighted by molar-refractivity contribution is 5.29. The van der Waals surface area contributed by atoms with E-state index in [4.69, 9.17) is 4.74 Å². The van der Waals surface area contributed by atoms with Gasteiger partial charge in [-0.3, -0.25) is 0 Å². The van der Waals surface area contributed by atoms with Crippen LogP contribution in [0.5, 0.6) is 5.75 Å². The van der Waals surface area contributed by atoms with Crippen LogP contribution < -0.4 is 4.74 Å². The quantitative estimate of drug-likeness (QED) is 0.563. The number of hydrogen-bond acceptors (Lipinski definition) is 1. The molecule has 20 heavy (non-hydrogen) atoms. The predicted octanol–water partition coefficient (Wildman–Crippen LogP) is 5.88. The molecule has 0 saturated carbocycles. The van der Waals surface area contributed by atoms with Crippen molar-refractivity contribution in [2.75, 3.05) is 7.11 Å². The molecule has 0 bridgehead atoms. The summed E-state index contributed by atoms with van der Waals surface area (Å²) < 4.78 is 5.19. The highest BCUT2D eigenvalue weighted by atomic mass is 16.5. The summed E-state index contributed by atoms with van der Waals surface area (Å²) in [7, 11) is 1.71.